The summed E-state index contributed by atoms with van der Waals surface area (Å²) in [7, 11) is 1.38. The molecule has 0 radical (unpaired) electrons. The standard InChI is InChI=1S/C7H4BNO3/c10-9(11)7-5-3-1-2-4-6(5)8-12-7/h1-4H. The Kier molecular flexibility index (Phi) is 1.43. The number of benzene rings is 1. The molecule has 0 aliphatic heterocycles. The van der Waals surface area contributed by atoms with E-state index in [0.29, 0.717) is 5.39 Å². The van der Waals surface area contributed by atoms with E-state index in [1.54, 1.807) is 18.2 Å². The quantitative estimate of drug-likeness (QED) is 0.472. The average Bonchev–Trinajstić information content (AvgIpc) is 2.47. The molecule has 0 saturated carbocycles. The van der Waals surface area contributed by atoms with Gasteiger partial charge in [0.05, 0.1) is 0 Å². The molecular formula is C7H4BNO3. The minimum absolute atomic E-state index is 0.189. The molecule has 0 aliphatic rings. The van der Waals surface area contributed by atoms with Gasteiger partial charge in [-0.3, -0.25) is 0 Å². The first-order valence-corrected chi connectivity index (χ1v) is 3.39. The summed E-state index contributed by atoms with van der Waals surface area (Å²) in [5.41, 5.74) is 0. The fourth-order valence-corrected chi connectivity index (χ4v) is 1.12. The summed E-state index contributed by atoms with van der Waals surface area (Å²) >= 11 is 0. The summed E-state index contributed by atoms with van der Waals surface area (Å²) in [5.74, 6) is -0.189. The molecular weight excluding hydrogens is 157 g/mol. The summed E-state index contributed by atoms with van der Waals surface area (Å²) < 4.78 is 4.78. The molecule has 4 nitrogen and oxygen atoms in total. The molecule has 1 heterocycles. The SMILES string of the molecule is O=[N+]([O-])c1obc2ccccc12. The second-order valence-electron chi connectivity index (χ2n) is 2.39. The molecule has 12 heavy (non-hydrogen) atoms. The second kappa shape index (κ2) is 2.44. The van der Waals surface area contributed by atoms with Crippen molar-refractivity contribution in [1.29, 1.82) is 0 Å². The van der Waals surface area contributed by atoms with Crippen LogP contribution < -0.4 is 0 Å². The van der Waals surface area contributed by atoms with Crippen LogP contribution in [-0.4, -0.2) is 12.0 Å². The van der Waals surface area contributed by atoms with Gasteiger partial charge < -0.3 is 0 Å². The predicted molar refractivity (Wildman–Crippen MR) is 44.2 cm³/mol. The van der Waals surface area contributed by atoms with Gasteiger partial charge in [-0.1, -0.05) is 0 Å². The molecule has 2 rings (SSSR count). The minimum atomic E-state index is -0.525. The molecule has 0 aliphatic carbocycles. The summed E-state index contributed by atoms with van der Waals surface area (Å²) in [6.07, 6.45) is 0. The molecule has 0 fully saturated rings. The Morgan fingerprint density at radius 2 is 2.17 bits per heavy atom. The Morgan fingerprint density at radius 3 is 2.92 bits per heavy atom. The van der Waals surface area contributed by atoms with Crippen LogP contribution >= 0.6 is 0 Å². The Morgan fingerprint density at radius 1 is 1.42 bits per heavy atom. The van der Waals surface area contributed by atoms with E-state index in [4.69, 9.17) is 4.33 Å². The summed E-state index contributed by atoms with van der Waals surface area (Å²) in [6.45, 7) is 0. The van der Waals surface area contributed by atoms with Crippen LogP contribution in [0.3, 0.4) is 0 Å². The van der Waals surface area contributed by atoms with Crippen LogP contribution in [0.4, 0.5) is 5.88 Å². The van der Waals surface area contributed by atoms with Crippen molar-refractivity contribution in [3.05, 3.63) is 34.4 Å². The van der Waals surface area contributed by atoms with Crippen LogP contribution in [0.25, 0.3) is 10.7 Å². The molecule has 0 unspecified atom stereocenters. The van der Waals surface area contributed by atoms with Gasteiger partial charge in [-0.25, -0.2) is 0 Å². The predicted octanol–water partition coefficient (Wildman–Crippen LogP) is 1.68. The fraction of sp³-hybridized carbons (Fsp3) is 0. The van der Waals surface area contributed by atoms with Gasteiger partial charge in [-0.05, 0) is 0 Å². The van der Waals surface area contributed by atoms with E-state index in [2.05, 4.69) is 0 Å². The van der Waals surface area contributed by atoms with Crippen LogP contribution in [-0.2, 0) is 0 Å². The number of fused-ring (bicyclic) bond motifs is 1. The van der Waals surface area contributed by atoms with E-state index >= 15 is 0 Å². The van der Waals surface area contributed by atoms with Crippen molar-refractivity contribution in [3.63, 3.8) is 0 Å². The van der Waals surface area contributed by atoms with Crippen molar-refractivity contribution in [2.24, 2.45) is 0 Å². The van der Waals surface area contributed by atoms with Crippen LogP contribution in [0.15, 0.2) is 28.6 Å². The van der Waals surface area contributed by atoms with Crippen LogP contribution in [0.2, 0.25) is 0 Å². The molecule has 0 atom stereocenters. The van der Waals surface area contributed by atoms with Gasteiger partial charge in [0.2, 0.25) is 0 Å². The number of hydrogen-bond acceptors (Lipinski definition) is 3. The van der Waals surface area contributed by atoms with Crippen molar-refractivity contribution < 1.29 is 9.25 Å². The second-order valence-corrected chi connectivity index (χ2v) is 2.39. The zero-order valence-corrected chi connectivity index (χ0v) is 6.06. The van der Waals surface area contributed by atoms with E-state index in [9.17, 15) is 10.1 Å². The van der Waals surface area contributed by atoms with Gasteiger partial charge >= 0.3 is 67.3 Å². The van der Waals surface area contributed by atoms with Crippen molar-refractivity contribution in [1.82, 2.24) is 0 Å². The van der Waals surface area contributed by atoms with E-state index in [-0.39, 0.29) is 5.88 Å². The van der Waals surface area contributed by atoms with Crippen molar-refractivity contribution in [3.8, 4) is 0 Å². The van der Waals surface area contributed by atoms with Gasteiger partial charge in [0.1, 0.15) is 0 Å². The number of hydrogen-bond donors (Lipinski definition) is 0. The van der Waals surface area contributed by atoms with Gasteiger partial charge in [0.15, 0.2) is 0 Å². The molecule has 2 aromatic rings. The normalized spacial score (nSPS) is 10.0. The molecule has 0 N–H and O–H groups in total. The number of nitrogens with zero attached hydrogens (tertiary/aromatic N) is 1. The van der Waals surface area contributed by atoms with Gasteiger partial charge in [0, 0.05) is 0 Å². The zero-order valence-electron chi connectivity index (χ0n) is 6.06. The number of nitro groups is 1. The molecule has 0 bridgehead atoms. The molecule has 0 saturated heterocycles. The molecule has 1 aromatic heterocycles. The number of rotatable bonds is 1. The Hall–Kier alpha value is -1.65. The maximum absolute atomic E-state index is 10.4. The third-order valence-electron chi connectivity index (χ3n) is 1.65. The molecule has 5 heteroatoms. The van der Waals surface area contributed by atoms with Gasteiger partial charge in [-0.2, -0.15) is 0 Å². The van der Waals surface area contributed by atoms with E-state index in [1.807, 2.05) is 6.07 Å². The van der Waals surface area contributed by atoms with E-state index < -0.39 is 4.92 Å². The first-order chi connectivity index (χ1) is 5.79. The topological polar surface area (TPSA) is 56.3 Å². The van der Waals surface area contributed by atoms with Gasteiger partial charge in [0.25, 0.3) is 0 Å². The molecule has 0 spiro atoms. The first-order valence-electron chi connectivity index (χ1n) is 3.39. The van der Waals surface area contributed by atoms with Crippen LogP contribution in [0.5, 0.6) is 0 Å². The summed E-state index contributed by atoms with van der Waals surface area (Å²) in [4.78, 5) is 9.86. The average molecular weight is 161 g/mol. The van der Waals surface area contributed by atoms with Crippen molar-refractivity contribution >= 4 is 23.7 Å². The third-order valence-corrected chi connectivity index (χ3v) is 1.65. The fourth-order valence-electron chi connectivity index (χ4n) is 1.12. The summed E-state index contributed by atoms with van der Waals surface area (Å²) in [6, 6.07) is 6.98. The van der Waals surface area contributed by atoms with E-state index in [0.717, 1.165) is 5.28 Å². The monoisotopic (exact) mass is 161 g/mol. The molecule has 58 valence electrons. The van der Waals surface area contributed by atoms with Crippen molar-refractivity contribution in [2.45, 2.75) is 0 Å². The van der Waals surface area contributed by atoms with E-state index in [1.165, 1.54) is 7.13 Å². The first kappa shape index (κ1) is 7.03. The maximum atomic E-state index is 10.4. The zero-order chi connectivity index (χ0) is 8.55. The van der Waals surface area contributed by atoms with Crippen LogP contribution in [0, 0.1) is 10.1 Å². The Bertz CT molecular complexity index is 437. The Labute approximate surface area is 68.2 Å². The molecule has 0 amide bonds. The Balaban J connectivity index is 2.79. The third kappa shape index (κ3) is 0.904. The summed E-state index contributed by atoms with van der Waals surface area (Å²) in [5, 5.41) is 11.7. The van der Waals surface area contributed by atoms with Crippen molar-refractivity contribution in [2.75, 3.05) is 0 Å². The molecule has 1 aromatic carbocycles. The van der Waals surface area contributed by atoms with Gasteiger partial charge in [-0.15, -0.1) is 0 Å². The van der Waals surface area contributed by atoms with Crippen LogP contribution in [0.1, 0.15) is 0 Å².